The van der Waals surface area contributed by atoms with Crippen molar-refractivity contribution < 1.29 is 13.2 Å². The number of allylic oxidation sites excluding steroid dienone is 2. The average molecular weight is 459 g/mol. The zero-order chi connectivity index (χ0) is 23.6. The maximum atomic E-state index is 13.0. The lowest BCUT2D eigenvalue weighted by Crippen LogP contribution is -2.54. The van der Waals surface area contributed by atoms with Crippen LogP contribution in [-0.2, 0) is 15.4 Å². The van der Waals surface area contributed by atoms with E-state index in [1.807, 2.05) is 6.07 Å². The molecule has 1 aromatic carbocycles. The molecule has 0 bridgehead atoms. The lowest BCUT2D eigenvalue weighted by molar-refractivity contribution is 0.0629. The van der Waals surface area contributed by atoms with Crippen LogP contribution in [-0.4, -0.2) is 69.2 Å². The smallest absolute Gasteiger partial charge is 0.322 e. The van der Waals surface area contributed by atoms with E-state index in [0.717, 1.165) is 25.7 Å². The predicted octanol–water partition coefficient (Wildman–Crippen LogP) is 3.31. The van der Waals surface area contributed by atoms with Crippen molar-refractivity contribution in [1.82, 2.24) is 15.1 Å². The van der Waals surface area contributed by atoms with E-state index >= 15 is 0 Å². The Labute approximate surface area is 191 Å². The quantitative estimate of drug-likeness (QED) is 0.502. The summed E-state index contributed by atoms with van der Waals surface area (Å²) in [4.78, 5) is 20.8. The molecule has 1 N–H and O–H groups in total. The van der Waals surface area contributed by atoms with Crippen molar-refractivity contribution in [2.45, 2.75) is 43.7 Å². The zero-order valence-corrected chi connectivity index (χ0v) is 20.3. The number of nitrogens with one attached hydrogen (secondary N) is 1. The lowest BCUT2D eigenvalue weighted by Gasteiger charge is -2.48. The Morgan fingerprint density at radius 2 is 1.84 bits per heavy atom. The number of hydrogen-bond acceptors (Lipinski definition) is 5. The van der Waals surface area contributed by atoms with Gasteiger partial charge in [-0.05, 0) is 64.6 Å². The standard InChI is InChI=1S/C24H34N4O3S/c1-6-19(17-32(5,30)31)21(16-25-2)28-18-23(26-22(28)29)12-14-24(15-13-23,27(3)4)20-10-8-7-9-11-20/h6-11,16H,2,12-15,17-18H2,1,3-5H3,(H,26,29)/b19-6-,21-16+. The summed E-state index contributed by atoms with van der Waals surface area (Å²) < 4.78 is 23.9. The third-order valence-corrected chi connectivity index (χ3v) is 7.71. The minimum absolute atomic E-state index is 0.0726. The molecule has 0 radical (unpaired) electrons. The first-order chi connectivity index (χ1) is 15.1. The molecule has 32 heavy (non-hydrogen) atoms. The first-order valence-electron chi connectivity index (χ1n) is 10.9. The molecule has 3 rings (SSSR count). The van der Waals surface area contributed by atoms with Crippen molar-refractivity contribution in [2.75, 3.05) is 32.6 Å². The summed E-state index contributed by atoms with van der Waals surface area (Å²) in [5.41, 5.74) is 1.92. The van der Waals surface area contributed by atoms with Crippen LogP contribution < -0.4 is 5.32 Å². The van der Waals surface area contributed by atoms with Crippen LogP contribution in [0.15, 0.2) is 58.9 Å². The van der Waals surface area contributed by atoms with Crippen molar-refractivity contribution in [2.24, 2.45) is 4.99 Å². The molecule has 0 aromatic heterocycles. The monoisotopic (exact) mass is 458 g/mol. The molecular formula is C24H34N4O3S. The van der Waals surface area contributed by atoms with Crippen molar-refractivity contribution in [3.63, 3.8) is 0 Å². The summed E-state index contributed by atoms with van der Waals surface area (Å²) >= 11 is 0. The van der Waals surface area contributed by atoms with Crippen molar-refractivity contribution in [1.29, 1.82) is 0 Å². The first kappa shape index (κ1) is 24.2. The summed E-state index contributed by atoms with van der Waals surface area (Å²) in [6.07, 6.45) is 7.88. The van der Waals surface area contributed by atoms with Gasteiger partial charge in [-0.1, -0.05) is 36.4 Å². The fourth-order valence-corrected chi connectivity index (χ4v) is 5.95. The lowest BCUT2D eigenvalue weighted by atomic mass is 9.69. The summed E-state index contributed by atoms with van der Waals surface area (Å²) in [5, 5.41) is 3.22. The van der Waals surface area contributed by atoms with Crippen LogP contribution >= 0.6 is 0 Å². The number of amides is 2. The van der Waals surface area contributed by atoms with E-state index in [-0.39, 0.29) is 22.9 Å². The summed E-state index contributed by atoms with van der Waals surface area (Å²) in [6.45, 7) is 5.77. The van der Waals surface area contributed by atoms with Gasteiger partial charge in [-0.15, -0.1) is 0 Å². The van der Waals surface area contributed by atoms with Gasteiger partial charge in [0, 0.05) is 11.8 Å². The molecule has 2 amide bonds. The minimum atomic E-state index is -3.27. The van der Waals surface area contributed by atoms with E-state index < -0.39 is 9.84 Å². The molecule has 0 atom stereocenters. The number of carbonyl (C=O) groups is 1. The Kier molecular flexibility index (Phi) is 6.95. The first-order valence-corrected chi connectivity index (χ1v) is 12.9. The van der Waals surface area contributed by atoms with Gasteiger partial charge in [0.05, 0.1) is 29.7 Å². The van der Waals surface area contributed by atoms with Gasteiger partial charge in [0.15, 0.2) is 9.84 Å². The predicted molar refractivity (Wildman–Crippen MR) is 129 cm³/mol. The maximum absolute atomic E-state index is 13.0. The normalized spacial score (nSPS) is 27.2. The van der Waals surface area contributed by atoms with Gasteiger partial charge >= 0.3 is 6.03 Å². The number of nitrogens with zero attached hydrogens (tertiary/aromatic N) is 3. The molecule has 1 saturated carbocycles. The van der Waals surface area contributed by atoms with Crippen LogP contribution in [0, 0.1) is 0 Å². The van der Waals surface area contributed by atoms with Gasteiger partial charge < -0.3 is 5.32 Å². The maximum Gasteiger partial charge on any atom is 0.322 e. The summed E-state index contributed by atoms with van der Waals surface area (Å²) in [6, 6.07) is 10.3. The molecule has 2 aliphatic rings. The minimum Gasteiger partial charge on any atom is -0.330 e. The highest BCUT2D eigenvalue weighted by Gasteiger charge is 2.50. The van der Waals surface area contributed by atoms with E-state index in [4.69, 9.17) is 0 Å². The number of carbonyl (C=O) groups excluding carboxylic acids is 1. The number of rotatable bonds is 7. The van der Waals surface area contributed by atoms with Gasteiger partial charge in [-0.25, -0.2) is 13.2 Å². The van der Waals surface area contributed by atoms with Crippen LogP contribution in [0.4, 0.5) is 4.79 Å². The van der Waals surface area contributed by atoms with Gasteiger partial charge in [0.2, 0.25) is 0 Å². The Morgan fingerprint density at radius 3 is 2.34 bits per heavy atom. The zero-order valence-electron chi connectivity index (χ0n) is 19.5. The third kappa shape index (κ3) is 4.81. The number of benzene rings is 1. The molecule has 1 heterocycles. The Balaban J connectivity index is 1.85. The van der Waals surface area contributed by atoms with Crippen LogP contribution in [0.25, 0.3) is 0 Å². The average Bonchev–Trinajstić information content (AvgIpc) is 3.06. The second-order valence-corrected chi connectivity index (χ2v) is 11.3. The molecule has 7 nitrogen and oxygen atoms in total. The largest absolute Gasteiger partial charge is 0.330 e. The van der Waals surface area contributed by atoms with Gasteiger partial charge in [0.25, 0.3) is 0 Å². The Bertz CT molecular complexity index is 1020. The fraction of sp³-hybridized carbons (Fsp3) is 0.500. The Morgan fingerprint density at radius 1 is 1.22 bits per heavy atom. The topological polar surface area (TPSA) is 82.1 Å². The van der Waals surface area contributed by atoms with Crippen molar-refractivity contribution in [3.05, 3.63) is 59.4 Å². The van der Waals surface area contributed by atoms with Gasteiger partial charge in [-0.2, -0.15) is 0 Å². The van der Waals surface area contributed by atoms with Crippen LogP contribution in [0.2, 0.25) is 0 Å². The summed E-state index contributed by atoms with van der Waals surface area (Å²) in [5.74, 6) is -0.153. The SMILES string of the molecule is C=N/C=C(\C(=C/C)CS(C)(=O)=O)N1CC2(CCC(c3ccccc3)(N(C)C)CC2)NC1=O. The van der Waals surface area contributed by atoms with E-state index in [1.54, 1.807) is 17.9 Å². The number of sulfone groups is 1. The molecule has 1 spiro atoms. The van der Waals surface area contributed by atoms with Gasteiger partial charge in [0.1, 0.15) is 0 Å². The molecular weight excluding hydrogens is 424 g/mol. The second kappa shape index (κ2) is 9.19. The molecule has 1 saturated heterocycles. The number of aliphatic imine (C=N–C) groups is 1. The molecule has 1 aliphatic heterocycles. The highest BCUT2D eigenvalue weighted by Crippen LogP contribution is 2.46. The van der Waals surface area contributed by atoms with Crippen LogP contribution in [0.5, 0.6) is 0 Å². The molecule has 2 fully saturated rings. The van der Waals surface area contributed by atoms with Gasteiger partial charge in [-0.3, -0.25) is 14.8 Å². The molecule has 1 aromatic rings. The summed E-state index contributed by atoms with van der Waals surface area (Å²) in [7, 11) is 0.962. The second-order valence-electron chi connectivity index (χ2n) is 9.17. The van der Waals surface area contributed by atoms with Crippen molar-refractivity contribution in [3.8, 4) is 0 Å². The Hall–Kier alpha value is -2.45. The highest BCUT2D eigenvalue weighted by molar-refractivity contribution is 7.90. The van der Waals surface area contributed by atoms with E-state index in [1.165, 1.54) is 18.0 Å². The van der Waals surface area contributed by atoms with Crippen LogP contribution in [0.3, 0.4) is 0 Å². The molecule has 1 aliphatic carbocycles. The van der Waals surface area contributed by atoms with Crippen LogP contribution in [0.1, 0.15) is 38.2 Å². The fourth-order valence-electron chi connectivity index (χ4n) is 5.07. The molecule has 174 valence electrons. The third-order valence-electron chi connectivity index (χ3n) is 6.88. The highest BCUT2D eigenvalue weighted by atomic mass is 32.2. The number of hydrogen-bond donors (Lipinski definition) is 1. The number of urea groups is 1. The van der Waals surface area contributed by atoms with E-state index in [0.29, 0.717) is 17.8 Å². The molecule has 0 unspecified atom stereocenters. The molecule has 8 heteroatoms. The van der Waals surface area contributed by atoms with E-state index in [2.05, 4.69) is 60.3 Å². The van der Waals surface area contributed by atoms with Crippen molar-refractivity contribution >= 4 is 22.6 Å². The van der Waals surface area contributed by atoms with E-state index in [9.17, 15) is 13.2 Å².